The first kappa shape index (κ1) is 20.2. The summed E-state index contributed by atoms with van der Waals surface area (Å²) in [5, 5.41) is 12.7. The largest absolute Gasteiger partial charge is 0.480 e. The van der Waals surface area contributed by atoms with Gasteiger partial charge in [0.2, 0.25) is 5.91 Å². The molecule has 5 heteroatoms. The molecule has 134 valence electrons. The fraction of sp³-hybridized carbons (Fsp3) is 0.579. The first-order valence-corrected chi connectivity index (χ1v) is 8.36. The molecule has 2 N–H and O–H groups in total. The number of hydrogen-bond acceptors (Lipinski definition) is 3. The van der Waals surface area contributed by atoms with Gasteiger partial charge in [0.1, 0.15) is 6.04 Å². The van der Waals surface area contributed by atoms with Crippen molar-refractivity contribution < 1.29 is 14.7 Å². The van der Waals surface area contributed by atoms with Gasteiger partial charge in [-0.15, -0.1) is 0 Å². The van der Waals surface area contributed by atoms with E-state index >= 15 is 0 Å². The molecule has 0 radical (unpaired) electrons. The van der Waals surface area contributed by atoms with Crippen molar-refractivity contribution in [1.29, 1.82) is 0 Å². The molecule has 0 heterocycles. The second kappa shape index (κ2) is 8.29. The van der Waals surface area contributed by atoms with Gasteiger partial charge < -0.3 is 15.3 Å². The smallest absolute Gasteiger partial charge is 0.326 e. The van der Waals surface area contributed by atoms with Crippen molar-refractivity contribution in [2.24, 2.45) is 5.41 Å². The Labute approximate surface area is 145 Å². The highest BCUT2D eigenvalue weighted by atomic mass is 16.4. The average molecular weight is 334 g/mol. The lowest BCUT2D eigenvalue weighted by molar-refractivity contribution is -0.154. The predicted molar refractivity (Wildman–Crippen MR) is 96.0 cm³/mol. The highest BCUT2D eigenvalue weighted by Crippen LogP contribution is 2.24. The van der Waals surface area contributed by atoms with E-state index in [2.05, 4.69) is 5.32 Å². The van der Waals surface area contributed by atoms with Crippen molar-refractivity contribution >= 4 is 11.9 Å². The summed E-state index contributed by atoms with van der Waals surface area (Å²) in [5.74, 6) is -1.18. The van der Waals surface area contributed by atoms with Crippen LogP contribution in [0, 0.1) is 12.3 Å². The third-order valence-electron chi connectivity index (χ3n) is 4.10. The van der Waals surface area contributed by atoms with Gasteiger partial charge in [0.15, 0.2) is 0 Å². The topological polar surface area (TPSA) is 69.6 Å². The van der Waals surface area contributed by atoms with Crippen LogP contribution >= 0.6 is 0 Å². The van der Waals surface area contributed by atoms with Crippen LogP contribution < -0.4 is 5.32 Å². The van der Waals surface area contributed by atoms with E-state index in [1.54, 1.807) is 7.05 Å². The summed E-state index contributed by atoms with van der Waals surface area (Å²) in [4.78, 5) is 25.9. The van der Waals surface area contributed by atoms with Gasteiger partial charge in [0.05, 0.1) is 6.04 Å². The van der Waals surface area contributed by atoms with Crippen LogP contribution in [0.1, 0.15) is 38.8 Å². The van der Waals surface area contributed by atoms with Crippen LogP contribution in [-0.4, -0.2) is 47.6 Å². The zero-order valence-electron chi connectivity index (χ0n) is 15.6. The second-order valence-corrected chi connectivity index (χ2v) is 7.36. The fourth-order valence-corrected chi connectivity index (χ4v) is 2.94. The molecule has 1 unspecified atom stereocenters. The molecule has 0 bridgehead atoms. The number of benzene rings is 1. The van der Waals surface area contributed by atoms with E-state index < -0.39 is 23.5 Å². The summed E-state index contributed by atoms with van der Waals surface area (Å²) in [6.45, 7) is 10.1. The molecule has 24 heavy (non-hydrogen) atoms. The molecule has 0 aliphatic heterocycles. The van der Waals surface area contributed by atoms with Gasteiger partial charge in [-0.25, -0.2) is 4.79 Å². The zero-order chi connectivity index (χ0) is 18.5. The van der Waals surface area contributed by atoms with Crippen LogP contribution in [0.15, 0.2) is 24.3 Å². The predicted octanol–water partition coefficient (Wildman–Crippen LogP) is 2.47. The molecule has 0 aliphatic rings. The highest BCUT2D eigenvalue weighted by molar-refractivity contribution is 5.87. The molecule has 2 atom stereocenters. The van der Waals surface area contributed by atoms with Gasteiger partial charge in [-0.3, -0.25) is 4.79 Å². The Morgan fingerprint density at radius 1 is 1.21 bits per heavy atom. The molecule has 5 nitrogen and oxygen atoms in total. The quantitative estimate of drug-likeness (QED) is 0.804. The Bertz CT molecular complexity index is 561. The van der Waals surface area contributed by atoms with E-state index in [0.29, 0.717) is 13.0 Å². The number of aryl methyl sites for hydroxylation is 1. The zero-order valence-corrected chi connectivity index (χ0v) is 15.6. The summed E-state index contributed by atoms with van der Waals surface area (Å²) in [7, 11) is 1.58. The van der Waals surface area contributed by atoms with Crippen LogP contribution in [-0.2, 0) is 16.0 Å². The maximum atomic E-state index is 12.9. The van der Waals surface area contributed by atoms with Gasteiger partial charge in [-0.1, -0.05) is 57.5 Å². The normalized spacial score (nSPS) is 14.1. The van der Waals surface area contributed by atoms with E-state index in [-0.39, 0.29) is 5.91 Å². The average Bonchev–Trinajstić information content (AvgIpc) is 2.46. The lowest BCUT2D eigenvalue weighted by Crippen LogP contribution is -2.55. The monoisotopic (exact) mass is 334 g/mol. The molecule has 0 aromatic heterocycles. The standard InChI is InChI=1S/C19H30N2O3/c1-7-20-15(12-14-10-8-13(2)9-11-14)17(22)21(6)16(18(23)24)19(3,4)5/h8-11,15-16,20H,7,12H2,1-6H3,(H,23,24)/t15-,16?/m0/s1. The summed E-state index contributed by atoms with van der Waals surface area (Å²) in [6, 6.07) is 6.73. The number of carboxylic acid groups (broad SMARTS) is 1. The Hall–Kier alpha value is -1.88. The van der Waals surface area contributed by atoms with Crippen LogP contribution in [0.25, 0.3) is 0 Å². The van der Waals surface area contributed by atoms with Crippen LogP contribution in [0.2, 0.25) is 0 Å². The van der Waals surface area contributed by atoms with Gasteiger partial charge >= 0.3 is 5.97 Å². The number of hydrogen-bond donors (Lipinski definition) is 2. The third-order valence-corrected chi connectivity index (χ3v) is 4.10. The van der Waals surface area contributed by atoms with Crippen molar-refractivity contribution in [2.45, 2.75) is 53.1 Å². The molecule has 1 rings (SSSR count). The Morgan fingerprint density at radius 3 is 2.17 bits per heavy atom. The number of carbonyl (C=O) groups excluding carboxylic acids is 1. The lowest BCUT2D eigenvalue weighted by Gasteiger charge is -2.36. The molecule has 0 saturated heterocycles. The molecule has 1 amide bonds. The van der Waals surface area contributed by atoms with Crippen molar-refractivity contribution in [3.63, 3.8) is 0 Å². The first-order chi connectivity index (χ1) is 11.1. The summed E-state index contributed by atoms with van der Waals surface area (Å²) in [5.41, 5.74) is 1.67. The van der Waals surface area contributed by atoms with Crippen molar-refractivity contribution in [2.75, 3.05) is 13.6 Å². The van der Waals surface area contributed by atoms with Crippen molar-refractivity contribution in [1.82, 2.24) is 10.2 Å². The van der Waals surface area contributed by atoms with Crippen molar-refractivity contribution in [3.05, 3.63) is 35.4 Å². The molecular weight excluding hydrogens is 304 g/mol. The second-order valence-electron chi connectivity index (χ2n) is 7.36. The molecule has 0 spiro atoms. The van der Waals surface area contributed by atoms with E-state index in [0.717, 1.165) is 5.56 Å². The van der Waals surface area contributed by atoms with E-state index in [4.69, 9.17) is 0 Å². The number of rotatable bonds is 7. The van der Waals surface area contributed by atoms with Crippen LogP contribution in [0.4, 0.5) is 0 Å². The molecule has 0 fully saturated rings. The number of amides is 1. The van der Waals surface area contributed by atoms with Gasteiger partial charge in [-0.2, -0.15) is 0 Å². The fourth-order valence-electron chi connectivity index (χ4n) is 2.94. The summed E-state index contributed by atoms with van der Waals surface area (Å²) < 4.78 is 0. The maximum absolute atomic E-state index is 12.9. The maximum Gasteiger partial charge on any atom is 0.326 e. The molecular formula is C19H30N2O3. The van der Waals surface area contributed by atoms with E-state index in [1.165, 1.54) is 10.5 Å². The van der Waals surface area contributed by atoms with Gasteiger partial charge in [0, 0.05) is 7.05 Å². The van der Waals surface area contributed by atoms with Crippen LogP contribution in [0.5, 0.6) is 0 Å². The number of likely N-dealkylation sites (N-methyl/N-ethyl adjacent to an activating group) is 2. The first-order valence-electron chi connectivity index (χ1n) is 8.36. The minimum absolute atomic E-state index is 0.195. The Morgan fingerprint density at radius 2 is 1.75 bits per heavy atom. The van der Waals surface area contributed by atoms with Gasteiger partial charge in [-0.05, 0) is 30.9 Å². The van der Waals surface area contributed by atoms with Crippen molar-refractivity contribution in [3.8, 4) is 0 Å². The Kier molecular flexibility index (Phi) is 6.96. The molecule has 1 aromatic carbocycles. The molecule has 1 aromatic rings. The molecule has 0 saturated carbocycles. The Balaban J connectivity index is 2.99. The molecule has 0 aliphatic carbocycles. The number of carboxylic acids is 1. The SMILES string of the molecule is CCN[C@@H](Cc1ccc(C)cc1)C(=O)N(C)C(C(=O)O)C(C)(C)C. The number of carbonyl (C=O) groups is 2. The summed E-state index contributed by atoms with van der Waals surface area (Å²) in [6.07, 6.45) is 0.535. The number of nitrogens with one attached hydrogen (secondary N) is 1. The van der Waals surface area contributed by atoms with E-state index in [9.17, 15) is 14.7 Å². The highest BCUT2D eigenvalue weighted by Gasteiger charge is 2.38. The lowest BCUT2D eigenvalue weighted by atomic mass is 9.85. The van der Waals surface area contributed by atoms with Crippen LogP contribution in [0.3, 0.4) is 0 Å². The number of aliphatic carboxylic acids is 1. The van der Waals surface area contributed by atoms with Gasteiger partial charge in [0.25, 0.3) is 0 Å². The van der Waals surface area contributed by atoms with E-state index in [1.807, 2.05) is 58.9 Å². The minimum Gasteiger partial charge on any atom is -0.480 e. The minimum atomic E-state index is -0.982. The summed E-state index contributed by atoms with van der Waals surface area (Å²) >= 11 is 0. The third kappa shape index (κ3) is 5.34. The number of nitrogens with zero attached hydrogens (tertiary/aromatic N) is 1.